The Morgan fingerprint density at radius 3 is 2.44 bits per heavy atom. The highest BCUT2D eigenvalue weighted by Gasteiger charge is 2.48. The molecule has 0 aromatic heterocycles. The van der Waals surface area contributed by atoms with E-state index in [0.29, 0.717) is 5.92 Å². The summed E-state index contributed by atoms with van der Waals surface area (Å²) in [6.45, 7) is 14.6. The number of anilines is 1. The van der Waals surface area contributed by atoms with Gasteiger partial charge >= 0.3 is 5.97 Å². The van der Waals surface area contributed by atoms with E-state index in [1.165, 1.54) is 24.1 Å². The van der Waals surface area contributed by atoms with Crippen molar-refractivity contribution in [1.82, 2.24) is 5.32 Å². The monoisotopic (exact) mass is 624 g/mol. The van der Waals surface area contributed by atoms with Gasteiger partial charge in [-0.3, -0.25) is 14.4 Å². The van der Waals surface area contributed by atoms with Crippen molar-refractivity contribution in [2.75, 3.05) is 25.2 Å². The van der Waals surface area contributed by atoms with E-state index in [1.807, 2.05) is 38.1 Å². The van der Waals surface area contributed by atoms with Crippen LogP contribution < -0.4 is 10.2 Å². The lowest BCUT2D eigenvalue weighted by Gasteiger charge is -2.39. The molecule has 0 saturated carbocycles. The Morgan fingerprint density at radius 2 is 1.82 bits per heavy atom. The van der Waals surface area contributed by atoms with E-state index in [4.69, 9.17) is 18.9 Å². The van der Waals surface area contributed by atoms with Crippen LogP contribution in [0.2, 0.25) is 0 Å². The van der Waals surface area contributed by atoms with Crippen LogP contribution in [0.1, 0.15) is 72.8 Å². The molecule has 3 aliphatic heterocycles. The molecular weight excluding hydrogens is 572 g/mol. The highest BCUT2D eigenvalue weighted by atomic mass is 16.6. The van der Waals surface area contributed by atoms with Crippen molar-refractivity contribution in [2.45, 2.75) is 110 Å². The Kier molecular flexibility index (Phi) is 13.6. The first kappa shape index (κ1) is 36.2. The molecule has 3 saturated heterocycles. The molecule has 1 aromatic carbocycles. The summed E-state index contributed by atoms with van der Waals surface area (Å²) in [6.07, 6.45) is 12.9. The van der Waals surface area contributed by atoms with E-state index in [9.17, 15) is 14.4 Å². The van der Waals surface area contributed by atoms with Crippen molar-refractivity contribution >= 4 is 23.5 Å². The summed E-state index contributed by atoms with van der Waals surface area (Å²) in [7, 11) is 1.77. The number of carbonyl (C=O) groups is 3. The molecule has 7 atom stereocenters. The number of nitrogens with one attached hydrogen (secondary N) is 1. The molecule has 7 unspecified atom stereocenters. The van der Waals surface area contributed by atoms with Crippen LogP contribution in [-0.2, 0) is 33.3 Å². The molecule has 9 nitrogen and oxygen atoms in total. The number of esters is 1. The van der Waals surface area contributed by atoms with Crippen LogP contribution in [0.3, 0.4) is 0 Å². The minimum absolute atomic E-state index is 0.0529. The number of benzene rings is 1. The fourth-order valence-corrected chi connectivity index (χ4v) is 5.46. The van der Waals surface area contributed by atoms with Gasteiger partial charge in [0.15, 0.2) is 0 Å². The van der Waals surface area contributed by atoms with Crippen LogP contribution in [0, 0.1) is 12.8 Å². The average molecular weight is 625 g/mol. The standard InChI is InChI=1S/C26H39NO6.C10H13NO/c1-17(6-9-22-15-26(16-31-26)12-13-30-22)7-10-24-18(2)14-23(20(4)33-24)27-25(29)11-8-19(3)32-21(5)28;1-8-4-6-10(7-5-8)11(3)9(2)12/h6-9,11,18-20,22-24H,10,12-16H2,1-5H3,(H,27,29);4-7H,1-3H3/b9-6+,11-8-,17-7+;. The summed E-state index contributed by atoms with van der Waals surface area (Å²) >= 11 is 0. The molecule has 1 spiro atoms. The van der Waals surface area contributed by atoms with Crippen molar-refractivity contribution in [3.8, 4) is 0 Å². The van der Waals surface area contributed by atoms with Crippen molar-refractivity contribution in [3.63, 3.8) is 0 Å². The van der Waals surface area contributed by atoms with Crippen LogP contribution in [-0.4, -0.2) is 74.1 Å². The van der Waals surface area contributed by atoms with Gasteiger partial charge in [0.05, 0.1) is 43.2 Å². The minimum Gasteiger partial charge on any atom is -0.459 e. The van der Waals surface area contributed by atoms with E-state index >= 15 is 0 Å². The molecule has 1 aromatic rings. The molecular formula is C36H52N2O7. The smallest absolute Gasteiger partial charge is 0.303 e. The number of hydrogen-bond acceptors (Lipinski definition) is 7. The van der Waals surface area contributed by atoms with Crippen LogP contribution in [0.5, 0.6) is 0 Å². The van der Waals surface area contributed by atoms with E-state index in [0.717, 1.165) is 44.6 Å². The first-order chi connectivity index (χ1) is 21.3. The molecule has 0 radical (unpaired) electrons. The lowest BCUT2D eigenvalue weighted by Crippen LogP contribution is -2.50. The third kappa shape index (κ3) is 12.2. The Morgan fingerprint density at radius 1 is 1.13 bits per heavy atom. The van der Waals surface area contributed by atoms with Gasteiger partial charge < -0.3 is 29.2 Å². The second-order valence-electron chi connectivity index (χ2n) is 12.7. The van der Waals surface area contributed by atoms with E-state index in [1.54, 1.807) is 31.9 Å². The van der Waals surface area contributed by atoms with Crippen LogP contribution in [0.4, 0.5) is 5.69 Å². The Balaban J connectivity index is 0.000000385. The Hall–Kier alpha value is -3.27. The lowest BCUT2D eigenvalue weighted by atomic mass is 9.88. The normalized spacial score (nSPS) is 28.7. The quantitative estimate of drug-likeness (QED) is 0.165. The zero-order chi connectivity index (χ0) is 33.1. The number of amides is 2. The van der Waals surface area contributed by atoms with Gasteiger partial charge in [0.2, 0.25) is 11.8 Å². The van der Waals surface area contributed by atoms with Crippen LogP contribution >= 0.6 is 0 Å². The van der Waals surface area contributed by atoms with Crippen LogP contribution in [0.25, 0.3) is 0 Å². The fraction of sp³-hybridized carbons (Fsp3) is 0.583. The third-order valence-corrected chi connectivity index (χ3v) is 8.57. The number of carbonyl (C=O) groups excluding carboxylic acids is 3. The summed E-state index contributed by atoms with van der Waals surface area (Å²) in [5.74, 6) is -0.203. The number of nitrogens with zero attached hydrogens (tertiary/aromatic N) is 1. The highest BCUT2D eigenvalue weighted by molar-refractivity contribution is 5.90. The van der Waals surface area contributed by atoms with Crippen molar-refractivity contribution in [3.05, 3.63) is 65.8 Å². The number of aryl methyl sites for hydroxylation is 1. The topological polar surface area (TPSA) is 107 Å². The first-order valence-corrected chi connectivity index (χ1v) is 16.0. The molecule has 9 heteroatoms. The van der Waals surface area contributed by atoms with Gasteiger partial charge in [0.1, 0.15) is 6.10 Å². The number of rotatable bonds is 9. The van der Waals surface area contributed by atoms with Gasteiger partial charge in [-0.05, 0) is 64.7 Å². The van der Waals surface area contributed by atoms with Crippen molar-refractivity contribution in [1.29, 1.82) is 0 Å². The Bertz CT molecular complexity index is 1230. The maximum absolute atomic E-state index is 12.3. The average Bonchev–Trinajstić information content (AvgIpc) is 3.73. The molecule has 45 heavy (non-hydrogen) atoms. The van der Waals surface area contributed by atoms with Crippen molar-refractivity contribution in [2.24, 2.45) is 5.92 Å². The van der Waals surface area contributed by atoms with Gasteiger partial charge in [0, 0.05) is 45.5 Å². The third-order valence-electron chi connectivity index (χ3n) is 8.57. The first-order valence-electron chi connectivity index (χ1n) is 16.0. The zero-order valence-electron chi connectivity index (χ0n) is 28.2. The Labute approximate surface area is 269 Å². The minimum atomic E-state index is -0.437. The van der Waals surface area contributed by atoms with E-state index in [-0.39, 0.29) is 47.7 Å². The summed E-state index contributed by atoms with van der Waals surface area (Å²) in [5, 5.41) is 3.02. The molecule has 1 N–H and O–H groups in total. The van der Waals surface area contributed by atoms with E-state index in [2.05, 4.69) is 37.4 Å². The second kappa shape index (κ2) is 16.9. The van der Waals surface area contributed by atoms with E-state index < -0.39 is 6.10 Å². The predicted molar refractivity (Wildman–Crippen MR) is 176 cm³/mol. The zero-order valence-corrected chi connectivity index (χ0v) is 28.2. The summed E-state index contributed by atoms with van der Waals surface area (Å²) in [6, 6.07) is 7.82. The number of hydrogen-bond donors (Lipinski definition) is 1. The van der Waals surface area contributed by atoms with Gasteiger partial charge in [0.25, 0.3) is 0 Å². The van der Waals surface area contributed by atoms with Gasteiger partial charge in [-0.15, -0.1) is 0 Å². The molecule has 2 amide bonds. The fourth-order valence-electron chi connectivity index (χ4n) is 5.46. The molecule has 3 fully saturated rings. The van der Waals surface area contributed by atoms with Crippen molar-refractivity contribution < 1.29 is 33.3 Å². The van der Waals surface area contributed by atoms with Crippen LogP contribution in [0.15, 0.2) is 60.2 Å². The second-order valence-corrected chi connectivity index (χ2v) is 12.7. The predicted octanol–water partition coefficient (Wildman–Crippen LogP) is 5.61. The maximum atomic E-state index is 12.3. The number of ether oxygens (including phenoxy) is 4. The summed E-state index contributed by atoms with van der Waals surface area (Å²) in [4.78, 5) is 35.8. The highest BCUT2D eigenvalue weighted by Crippen LogP contribution is 2.39. The molecule has 3 aliphatic rings. The molecule has 0 bridgehead atoms. The van der Waals surface area contributed by atoms with Gasteiger partial charge in [-0.1, -0.05) is 48.4 Å². The SMILES string of the molecule is CC(=O)N(C)c1ccc(C)cc1.CC(=O)OC(C)/C=C\C(=O)NC1CC(C)C(C/C=C(C)/C=C/C2CC3(CCO2)CO3)OC1C. The molecule has 0 aliphatic carbocycles. The molecule has 3 heterocycles. The largest absolute Gasteiger partial charge is 0.459 e. The lowest BCUT2D eigenvalue weighted by molar-refractivity contribution is -0.143. The summed E-state index contributed by atoms with van der Waals surface area (Å²) in [5.41, 5.74) is 3.43. The number of allylic oxidation sites excluding steroid dienone is 2. The maximum Gasteiger partial charge on any atom is 0.303 e. The molecule has 248 valence electrons. The number of epoxide rings is 1. The van der Waals surface area contributed by atoms with Gasteiger partial charge in [-0.25, -0.2) is 0 Å². The van der Waals surface area contributed by atoms with Gasteiger partial charge in [-0.2, -0.15) is 0 Å². The summed E-state index contributed by atoms with van der Waals surface area (Å²) < 4.78 is 22.7. The molecule has 4 rings (SSSR count).